The largest absolute Gasteiger partial charge is 0.467 e. The molecule has 0 aliphatic carbocycles. The van der Waals surface area contributed by atoms with Crippen LogP contribution in [0.3, 0.4) is 0 Å². The third-order valence-electron chi connectivity index (χ3n) is 3.69. The SMILES string of the molecule is COC(=O)C(O)(C(C)C)C(c1ccccc1)C(C)C. The minimum Gasteiger partial charge on any atom is -0.467 e. The molecule has 0 aliphatic rings. The summed E-state index contributed by atoms with van der Waals surface area (Å²) in [5, 5.41) is 11.0. The number of aliphatic hydroxyl groups is 1. The Morgan fingerprint density at radius 3 is 2.05 bits per heavy atom. The molecule has 0 aliphatic heterocycles. The lowest BCUT2D eigenvalue weighted by molar-refractivity contribution is -0.172. The summed E-state index contributed by atoms with van der Waals surface area (Å²) in [7, 11) is 1.32. The zero-order valence-corrected chi connectivity index (χ0v) is 12.4. The van der Waals surface area contributed by atoms with Gasteiger partial charge in [0.15, 0.2) is 5.60 Å². The maximum Gasteiger partial charge on any atom is 0.338 e. The molecular formula is C16H24O3. The van der Waals surface area contributed by atoms with Crippen molar-refractivity contribution in [1.82, 2.24) is 0 Å². The molecule has 2 atom stereocenters. The number of carbonyl (C=O) groups is 1. The van der Waals surface area contributed by atoms with Gasteiger partial charge in [-0.3, -0.25) is 0 Å². The Bertz CT molecular complexity index is 411. The summed E-state index contributed by atoms with van der Waals surface area (Å²) in [6.07, 6.45) is 0. The first-order chi connectivity index (χ1) is 8.85. The van der Waals surface area contributed by atoms with Gasteiger partial charge in [0.2, 0.25) is 0 Å². The van der Waals surface area contributed by atoms with Gasteiger partial charge in [0.05, 0.1) is 7.11 Å². The fourth-order valence-corrected chi connectivity index (χ4v) is 2.69. The number of methoxy groups -OCH3 is 1. The monoisotopic (exact) mass is 264 g/mol. The molecule has 2 unspecified atom stereocenters. The van der Waals surface area contributed by atoms with Crippen molar-refractivity contribution in [2.75, 3.05) is 7.11 Å². The van der Waals surface area contributed by atoms with Crippen LogP contribution in [0.2, 0.25) is 0 Å². The summed E-state index contributed by atoms with van der Waals surface area (Å²) in [4.78, 5) is 12.1. The second-order valence-electron chi connectivity index (χ2n) is 5.60. The average Bonchev–Trinajstić information content (AvgIpc) is 2.38. The molecule has 3 nitrogen and oxygen atoms in total. The molecule has 1 aromatic carbocycles. The summed E-state index contributed by atoms with van der Waals surface area (Å²) in [6, 6.07) is 9.65. The first-order valence-electron chi connectivity index (χ1n) is 6.71. The predicted octanol–water partition coefficient (Wildman–Crippen LogP) is 2.99. The van der Waals surface area contributed by atoms with Gasteiger partial charge < -0.3 is 9.84 Å². The lowest BCUT2D eigenvalue weighted by Gasteiger charge is -2.39. The number of esters is 1. The van der Waals surface area contributed by atoms with E-state index in [1.54, 1.807) is 0 Å². The molecule has 0 fully saturated rings. The summed E-state index contributed by atoms with van der Waals surface area (Å²) in [6.45, 7) is 7.70. The highest BCUT2D eigenvalue weighted by Crippen LogP contribution is 2.40. The fraction of sp³-hybridized carbons (Fsp3) is 0.562. The highest BCUT2D eigenvalue weighted by molar-refractivity contribution is 5.81. The molecule has 0 spiro atoms. The van der Waals surface area contributed by atoms with Crippen LogP contribution in [0.15, 0.2) is 30.3 Å². The van der Waals surface area contributed by atoms with E-state index in [9.17, 15) is 9.90 Å². The number of carbonyl (C=O) groups excluding carboxylic acids is 1. The van der Waals surface area contributed by atoms with E-state index in [1.165, 1.54) is 7.11 Å². The van der Waals surface area contributed by atoms with Crippen molar-refractivity contribution >= 4 is 5.97 Å². The summed E-state index contributed by atoms with van der Waals surface area (Å²) in [5.41, 5.74) is -0.552. The number of ether oxygens (including phenoxy) is 1. The minimum absolute atomic E-state index is 0.119. The lowest BCUT2D eigenvalue weighted by Crippen LogP contribution is -2.51. The van der Waals surface area contributed by atoms with Crippen LogP contribution in [0, 0.1) is 11.8 Å². The number of benzene rings is 1. The van der Waals surface area contributed by atoms with Gasteiger partial charge in [0.1, 0.15) is 0 Å². The predicted molar refractivity (Wildman–Crippen MR) is 75.8 cm³/mol. The van der Waals surface area contributed by atoms with Gasteiger partial charge in [-0.15, -0.1) is 0 Å². The summed E-state index contributed by atoms with van der Waals surface area (Å²) >= 11 is 0. The van der Waals surface area contributed by atoms with Gasteiger partial charge >= 0.3 is 5.97 Å². The van der Waals surface area contributed by atoms with Crippen LogP contribution >= 0.6 is 0 Å². The van der Waals surface area contributed by atoms with Crippen LogP contribution in [-0.4, -0.2) is 23.8 Å². The molecule has 0 aromatic heterocycles. The normalized spacial score (nSPS) is 16.2. The van der Waals surface area contributed by atoms with Crippen molar-refractivity contribution in [2.24, 2.45) is 11.8 Å². The Kier molecular flexibility index (Phi) is 5.12. The smallest absolute Gasteiger partial charge is 0.338 e. The van der Waals surface area contributed by atoms with Gasteiger partial charge in [-0.1, -0.05) is 58.0 Å². The quantitative estimate of drug-likeness (QED) is 0.832. The first-order valence-corrected chi connectivity index (χ1v) is 6.71. The fourth-order valence-electron chi connectivity index (χ4n) is 2.69. The van der Waals surface area contributed by atoms with E-state index in [-0.39, 0.29) is 17.8 Å². The number of hydrogen-bond acceptors (Lipinski definition) is 3. The lowest BCUT2D eigenvalue weighted by atomic mass is 9.70. The van der Waals surface area contributed by atoms with E-state index in [4.69, 9.17) is 4.74 Å². The van der Waals surface area contributed by atoms with Crippen molar-refractivity contribution in [3.63, 3.8) is 0 Å². The third kappa shape index (κ3) is 2.98. The highest BCUT2D eigenvalue weighted by Gasteiger charge is 2.49. The van der Waals surface area contributed by atoms with Crippen molar-refractivity contribution in [3.8, 4) is 0 Å². The van der Waals surface area contributed by atoms with E-state index in [2.05, 4.69) is 0 Å². The third-order valence-corrected chi connectivity index (χ3v) is 3.69. The van der Waals surface area contributed by atoms with Crippen molar-refractivity contribution in [1.29, 1.82) is 0 Å². The molecule has 1 aromatic rings. The van der Waals surface area contributed by atoms with Crippen molar-refractivity contribution in [2.45, 2.75) is 39.2 Å². The van der Waals surface area contributed by atoms with Crippen molar-refractivity contribution < 1.29 is 14.6 Å². The maximum absolute atomic E-state index is 12.1. The van der Waals surface area contributed by atoms with Gasteiger partial charge in [-0.2, -0.15) is 0 Å². The standard InChI is InChI=1S/C16H24O3/c1-11(2)14(13-9-7-6-8-10-13)16(18,12(3)4)15(17)19-5/h6-12,14,18H,1-5H3. The molecule has 0 bridgehead atoms. The Balaban J connectivity index is 3.34. The van der Waals surface area contributed by atoms with E-state index < -0.39 is 11.6 Å². The van der Waals surface area contributed by atoms with Crippen LogP contribution in [0.4, 0.5) is 0 Å². The Hall–Kier alpha value is -1.35. The van der Waals surface area contributed by atoms with Crippen LogP contribution < -0.4 is 0 Å². The van der Waals surface area contributed by atoms with Crippen molar-refractivity contribution in [3.05, 3.63) is 35.9 Å². The van der Waals surface area contributed by atoms with Gasteiger partial charge in [0, 0.05) is 5.92 Å². The van der Waals surface area contributed by atoms with Gasteiger partial charge in [0.25, 0.3) is 0 Å². The second-order valence-corrected chi connectivity index (χ2v) is 5.60. The maximum atomic E-state index is 12.1. The van der Waals surface area contributed by atoms with E-state index in [1.807, 2.05) is 58.0 Å². The molecular weight excluding hydrogens is 240 g/mol. The topological polar surface area (TPSA) is 46.5 Å². The van der Waals surface area contributed by atoms with Crippen LogP contribution in [0.25, 0.3) is 0 Å². The minimum atomic E-state index is -1.51. The first kappa shape index (κ1) is 15.7. The second kappa shape index (κ2) is 6.20. The average molecular weight is 264 g/mol. The van der Waals surface area contributed by atoms with Gasteiger partial charge in [-0.25, -0.2) is 4.79 Å². The molecule has 0 saturated heterocycles. The van der Waals surface area contributed by atoms with Crippen LogP contribution in [0.5, 0.6) is 0 Å². The number of rotatable bonds is 5. The molecule has 1 N–H and O–H groups in total. The van der Waals surface area contributed by atoms with E-state index >= 15 is 0 Å². The molecule has 106 valence electrons. The summed E-state index contributed by atoms with van der Waals surface area (Å²) < 4.78 is 4.84. The Morgan fingerprint density at radius 1 is 1.16 bits per heavy atom. The summed E-state index contributed by atoms with van der Waals surface area (Å²) in [5.74, 6) is -0.965. The molecule has 0 amide bonds. The zero-order chi connectivity index (χ0) is 14.6. The molecule has 0 saturated carbocycles. The van der Waals surface area contributed by atoms with E-state index in [0.717, 1.165) is 5.56 Å². The molecule has 0 heterocycles. The molecule has 19 heavy (non-hydrogen) atoms. The molecule has 3 heteroatoms. The Morgan fingerprint density at radius 2 is 1.68 bits per heavy atom. The Labute approximate surface area is 115 Å². The number of hydrogen-bond donors (Lipinski definition) is 1. The highest BCUT2D eigenvalue weighted by atomic mass is 16.5. The molecule has 0 radical (unpaired) electrons. The molecule has 1 rings (SSSR count). The van der Waals surface area contributed by atoms with Crippen LogP contribution in [0.1, 0.15) is 39.2 Å². The van der Waals surface area contributed by atoms with Gasteiger partial charge in [-0.05, 0) is 17.4 Å². The zero-order valence-electron chi connectivity index (χ0n) is 12.4. The van der Waals surface area contributed by atoms with Crippen LogP contribution in [-0.2, 0) is 9.53 Å². The van der Waals surface area contributed by atoms with E-state index in [0.29, 0.717) is 0 Å².